The lowest BCUT2D eigenvalue weighted by Crippen LogP contribution is -2.28. The SMILES string of the molecule is [B]C1(C(F)(F)F)C=CC=CC(C2=CC=C(CC#N)C2)=C1. The highest BCUT2D eigenvalue weighted by Crippen LogP contribution is 2.47. The van der Waals surface area contributed by atoms with Crippen LogP contribution in [0.1, 0.15) is 12.8 Å². The summed E-state index contributed by atoms with van der Waals surface area (Å²) in [5, 5.41) is 6.17. The predicted octanol–water partition coefficient (Wildman–Crippen LogP) is 4.10. The van der Waals surface area contributed by atoms with E-state index in [9.17, 15) is 13.2 Å². The van der Waals surface area contributed by atoms with Crippen LogP contribution < -0.4 is 0 Å². The lowest BCUT2D eigenvalue weighted by atomic mass is 9.67. The largest absolute Gasteiger partial charge is 0.393 e. The molecule has 0 aromatic carbocycles. The maximum absolute atomic E-state index is 13.0. The van der Waals surface area contributed by atoms with Crippen molar-refractivity contribution in [2.45, 2.75) is 24.3 Å². The van der Waals surface area contributed by atoms with Crippen LogP contribution in [0.4, 0.5) is 13.2 Å². The van der Waals surface area contributed by atoms with E-state index in [4.69, 9.17) is 13.1 Å². The molecular formula is C15H11BF3N. The molecule has 2 aliphatic rings. The van der Waals surface area contributed by atoms with E-state index < -0.39 is 11.5 Å². The molecule has 2 rings (SSSR count). The number of halogens is 3. The fourth-order valence-electron chi connectivity index (χ4n) is 2.11. The van der Waals surface area contributed by atoms with Crippen LogP contribution in [0.5, 0.6) is 0 Å². The van der Waals surface area contributed by atoms with Crippen molar-refractivity contribution in [3.63, 3.8) is 0 Å². The van der Waals surface area contributed by atoms with E-state index in [2.05, 4.69) is 0 Å². The van der Waals surface area contributed by atoms with Gasteiger partial charge < -0.3 is 0 Å². The molecule has 1 atom stereocenters. The van der Waals surface area contributed by atoms with Crippen molar-refractivity contribution in [3.8, 4) is 6.07 Å². The van der Waals surface area contributed by atoms with Gasteiger partial charge in [-0.2, -0.15) is 18.4 Å². The van der Waals surface area contributed by atoms with Crippen LogP contribution in [-0.2, 0) is 0 Å². The maximum Gasteiger partial charge on any atom is 0.393 e. The van der Waals surface area contributed by atoms with E-state index in [-0.39, 0.29) is 6.42 Å². The van der Waals surface area contributed by atoms with Gasteiger partial charge in [0, 0.05) is 0 Å². The molecule has 0 aliphatic heterocycles. The fraction of sp³-hybridized carbons (Fsp3) is 0.267. The van der Waals surface area contributed by atoms with Gasteiger partial charge in [-0.25, -0.2) is 0 Å². The van der Waals surface area contributed by atoms with E-state index in [1.807, 2.05) is 6.07 Å². The van der Waals surface area contributed by atoms with Crippen LogP contribution >= 0.6 is 0 Å². The average molecular weight is 273 g/mol. The van der Waals surface area contributed by atoms with Gasteiger partial charge in [0.05, 0.1) is 25.7 Å². The number of alkyl halides is 3. The van der Waals surface area contributed by atoms with Gasteiger partial charge in [0.25, 0.3) is 0 Å². The molecule has 0 saturated carbocycles. The Morgan fingerprint density at radius 2 is 2.05 bits per heavy atom. The van der Waals surface area contributed by atoms with Crippen molar-refractivity contribution in [2.24, 2.45) is 0 Å². The van der Waals surface area contributed by atoms with Gasteiger partial charge in [-0.3, -0.25) is 0 Å². The molecule has 5 heteroatoms. The summed E-state index contributed by atoms with van der Waals surface area (Å²) in [5.74, 6) is 0. The quantitative estimate of drug-likeness (QED) is 0.695. The lowest BCUT2D eigenvalue weighted by Gasteiger charge is -2.26. The molecular weight excluding hydrogens is 262 g/mol. The van der Waals surface area contributed by atoms with E-state index in [0.717, 1.165) is 23.3 Å². The Labute approximate surface area is 116 Å². The zero-order valence-electron chi connectivity index (χ0n) is 10.6. The Morgan fingerprint density at radius 1 is 1.30 bits per heavy atom. The van der Waals surface area contributed by atoms with Crippen LogP contribution in [0.2, 0.25) is 5.31 Å². The third-order valence-corrected chi connectivity index (χ3v) is 3.26. The van der Waals surface area contributed by atoms with Crippen LogP contribution in [0.25, 0.3) is 0 Å². The van der Waals surface area contributed by atoms with Crippen LogP contribution in [0, 0.1) is 11.3 Å². The van der Waals surface area contributed by atoms with Crippen LogP contribution in [0.3, 0.4) is 0 Å². The van der Waals surface area contributed by atoms with Gasteiger partial charge in [0.15, 0.2) is 0 Å². The first-order chi connectivity index (χ1) is 9.36. The summed E-state index contributed by atoms with van der Waals surface area (Å²) in [6.45, 7) is 0. The van der Waals surface area contributed by atoms with Gasteiger partial charge in [-0.15, -0.1) is 0 Å². The summed E-state index contributed by atoms with van der Waals surface area (Å²) in [6, 6.07) is 2.03. The fourth-order valence-corrected chi connectivity index (χ4v) is 2.11. The van der Waals surface area contributed by atoms with Gasteiger partial charge in [0.1, 0.15) is 0 Å². The van der Waals surface area contributed by atoms with Crippen LogP contribution in [-0.4, -0.2) is 14.0 Å². The molecule has 0 fully saturated rings. The first-order valence-electron chi connectivity index (χ1n) is 6.06. The minimum atomic E-state index is -4.55. The third kappa shape index (κ3) is 2.80. The second kappa shape index (κ2) is 5.20. The predicted molar refractivity (Wildman–Crippen MR) is 71.9 cm³/mol. The van der Waals surface area contributed by atoms with Crippen molar-refractivity contribution in [1.82, 2.24) is 0 Å². The Hall–Kier alpha value is -1.96. The van der Waals surface area contributed by atoms with Crippen molar-refractivity contribution in [2.75, 3.05) is 0 Å². The van der Waals surface area contributed by atoms with E-state index >= 15 is 0 Å². The molecule has 0 heterocycles. The van der Waals surface area contributed by atoms with Gasteiger partial charge in [-0.05, 0) is 17.6 Å². The van der Waals surface area contributed by atoms with Crippen molar-refractivity contribution < 1.29 is 13.2 Å². The number of allylic oxidation sites excluding steroid dienone is 10. The molecule has 0 aromatic rings. The first-order valence-corrected chi connectivity index (χ1v) is 6.06. The zero-order chi connectivity index (χ0) is 14.8. The number of hydrogen-bond donors (Lipinski definition) is 0. The molecule has 0 spiro atoms. The van der Waals surface area contributed by atoms with Gasteiger partial charge in [0.2, 0.25) is 0 Å². The van der Waals surface area contributed by atoms with Gasteiger partial charge in [-0.1, -0.05) is 48.1 Å². The highest BCUT2D eigenvalue weighted by Gasteiger charge is 2.47. The second-order valence-corrected chi connectivity index (χ2v) is 4.78. The summed E-state index contributed by atoms with van der Waals surface area (Å²) in [5.41, 5.74) is 2.08. The Morgan fingerprint density at radius 3 is 2.70 bits per heavy atom. The number of rotatable bonds is 2. The minimum absolute atomic E-state index is 0.280. The van der Waals surface area contributed by atoms with Gasteiger partial charge >= 0.3 is 6.18 Å². The maximum atomic E-state index is 13.0. The molecule has 0 N–H and O–H groups in total. The number of nitrogens with zero attached hydrogens (tertiary/aromatic N) is 1. The average Bonchev–Trinajstić information content (AvgIpc) is 2.71. The van der Waals surface area contributed by atoms with Crippen molar-refractivity contribution >= 4 is 7.85 Å². The summed E-state index contributed by atoms with van der Waals surface area (Å²) in [6.07, 6.45) is 6.14. The molecule has 2 aliphatic carbocycles. The van der Waals surface area contributed by atoms with Crippen molar-refractivity contribution in [3.05, 3.63) is 59.3 Å². The molecule has 0 amide bonds. The number of hydrogen-bond acceptors (Lipinski definition) is 1. The standard InChI is InChI=1S/C15H11BF3N/c16-14(15(17,18)19)7-2-1-3-13(10-14)12-5-4-11(9-12)6-8-20/h1-5,7,10H,6,9H2. The zero-order valence-corrected chi connectivity index (χ0v) is 10.6. The first kappa shape index (κ1) is 14.5. The lowest BCUT2D eigenvalue weighted by molar-refractivity contribution is -0.142. The molecule has 1 nitrogen and oxygen atoms in total. The highest BCUT2D eigenvalue weighted by molar-refractivity contribution is 6.19. The van der Waals surface area contributed by atoms with Crippen molar-refractivity contribution in [1.29, 1.82) is 5.26 Å². The summed E-state index contributed by atoms with van der Waals surface area (Å²) < 4.78 is 39.1. The van der Waals surface area contributed by atoms with Crippen LogP contribution in [0.15, 0.2) is 59.3 Å². The molecule has 0 bridgehead atoms. The second-order valence-electron chi connectivity index (χ2n) is 4.78. The summed E-state index contributed by atoms with van der Waals surface area (Å²) in [4.78, 5) is 0. The smallest absolute Gasteiger partial charge is 0.198 e. The Balaban J connectivity index is 2.28. The third-order valence-electron chi connectivity index (χ3n) is 3.26. The Bertz CT molecular complexity index is 600. The normalized spacial score (nSPS) is 25.6. The molecule has 0 saturated heterocycles. The molecule has 100 valence electrons. The molecule has 2 radical (unpaired) electrons. The minimum Gasteiger partial charge on any atom is -0.198 e. The van der Waals surface area contributed by atoms with E-state index in [1.165, 1.54) is 12.2 Å². The van der Waals surface area contributed by atoms with E-state index in [1.54, 1.807) is 18.2 Å². The molecule has 20 heavy (non-hydrogen) atoms. The summed E-state index contributed by atoms with van der Waals surface area (Å²) >= 11 is 0. The summed E-state index contributed by atoms with van der Waals surface area (Å²) in [7, 11) is 5.46. The molecule has 0 aromatic heterocycles. The van der Waals surface area contributed by atoms with E-state index in [0.29, 0.717) is 12.0 Å². The Kier molecular flexibility index (Phi) is 3.76. The molecule has 1 unspecified atom stereocenters. The highest BCUT2D eigenvalue weighted by atomic mass is 19.4. The topological polar surface area (TPSA) is 23.8 Å². The number of nitriles is 1. The monoisotopic (exact) mass is 273 g/mol.